The van der Waals surface area contributed by atoms with Gasteiger partial charge in [-0.05, 0) is 36.7 Å². The fourth-order valence-electron chi connectivity index (χ4n) is 2.48. The number of likely N-dealkylation sites (N-methyl/N-ethyl adjacent to an activating group) is 1. The maximum Gasteiger partial charge on any atom is 0.0319 e. The molecule has 0 amide bonds. The molecular weight excluding hydrogens is 230 g/mol. The Morgan fingerprint density at radius 1 is 1.21 bits per heavy atom. The molecule has 0 bridgehead atoms. The lowest BCUT2D eigenvalue weighted by molar-refractivity contribution is 0.215. The number of nitrogens with zero attached hydrogens (tertiary/aromatic N) is 1. The van der Waals surface area contributed by atoms with Crippen molar-refractivity contribution in [3.8, 4) is 0 Å². The molecule has 0 heterocycles. The topological polar surface area (TPSA) is 3.24 Å². The Labute approximate surface area is 121 Å². The normalized spacial score (nSPS) is 14.0. The smallest absolute Gasteiger partial charge is 0.0319 e. The van der Waals surface area contributed by atoms with Gasteiger partial charge in [-0.25, -0.2) is 0 Å². The Morgan fingerprint density at radius 3 is 2.21 bits per heavy atom. The summed E-state index contributed by atoms with van der Waals surface area (Å²) in [6.45, 7) is 21.3. The van der Waals surface area contributed by atoms with Crippen LogP contribution < -0.4 is 0 Å². The van der Waals surface area contributed by atoms with E-state index in [1.165, 1.54) is 12.0 Å². The third-order valence-electron chi connectivity index (χ3n) is 3.95. The molecule has 0 aromatic rings. The van der Waals surface area contributed by atoms with Crippen molar-refractivity contribution < 1.29 is 0 Å². The summed E-state index contributed by atoms with van der Waals surface area (Å²) in [6.07, 6.45) is 6.43. The second-order valence-corrected chi connectivity index (χ2v) is 6.08. The zero-order valence-corrected chi connectivity index (χ0v) is 13.7. The van der Waals surface area contributed by atoms with E-state index in [1.54, 1.807) is 0 Å². The van der Waals surface area contributed by atoms with Gasteiger partial charge in [0.1, 0.15) is 0 Å². The molecule has 1 heteroatoms. The van der Waals surface area contributed by atoms with Crippen molar-refractivity contribution in [2.24, 2.45) is 11.8 Å². The zero-order valence-electron chi connectivity index (χ0n) is 13.7. The fraction of sp³-hybridized carbons (Fsp3) is 0.667. The Bertz CT molecular complexity index is 301. The third kappa shape index (κ3) is 6.13. The van der Waals surface area contributed by atoms with E-state index in [2.05, 4.69) is 59.4 Å². The van der Waals surface area contributed by atoms with Gasteiger partial charge in [0.2, 0.25) is 0 Å². The molecule has 110 valence electrons. The summed E-state index contributed by atoms with van der Waals surface area (Å²) in [5.74, 6) is 1.29. The van der Waals surface area contributed by atoms with Crippen molar-refractivity contribution in [1.29, 1.82) is 0 Å². The first-order valence-corrected chi connectivity index (χ1v) is 7.55. The van der Waals surface area contributed by atoms with Gasteiger partial charge in [-0.1, -0.05) is 53.3 Å². The second kappa shape index (κ2) is 9.01. The standard InChI is InChI=1S/C18H33N/c1-9-11-12-18(15(5)10-2)19(8)17(7)16(6)13-14(3)4/h9,14-15,18H,1,6-7,10-13H2,2-5,8H3. The van der Waals surface area contributed by atoms with Gasteiger partial charge in [0.05, 0.1) is 0 Å². The fourth-order valence-corrected chi connectivity index (χ4v) is 2.48. The van der Waals surface area contributed by atoms with Gasteiger partial charge in [-0.3, -0.25) is 0 Å². The van der Waals surface area contributed by atoms with E-state index in [-0.39, 0.29) is 0 Å². The van der Waals surface area contributed by atoms with Crippen LogP contribution in [0, 0.1) is 11.8 Å². The maximum absolute atomic E-state index is 4.25. The number of hydrogen-bond acceptors (Lipinski definition) is 1. The van der Waals surface area contributed by atoms with Crippen LogP contribution in [0.2, 0.25) is 0 Å². The SMILES string of the molecule is C=CCCC(C(C)CC)N(C)C(=C)C(=C)CC(C)C. The first-order chi connectivity index (χ1) is 8.84. The number of allylic oxidation sites excluding steroid dienone is 2. The molecule has 19 heavy (non-hydrogen) atoms. The molecule has 0 aliphatic carbocycles. The van der Waals surface area contributed by atoms with Gasteiger partial charge >= 0.3 is 0 Å². The monoisotopic (exact) mass is 263 g/mol. The molecule has 0 N–H and O–H groups in total. The lowest BCUT2D eigenvalue weighted by Crippen LogP contribution is -2.36. The summed E-state index contributed by atoms with van der Waals surface area (Å²) < 4.78 is 0. The van der Waals surface area contributed by atoms with E-state index in [0.717, 1.165) is 25.0 Å². The molecule has 1 nitrogen and oxygen atoms in total. The largest absolute Gasteiger partial charge is 0.372 e. The molecule has 0 rings (SSSR count). The molecule has 2 unspecified atom stereocenters. The summed E-state index contributed by atoms with van der Waals surface area (Å²) in [6, 6.07) is 0.527. The molecule has 0 aromatic carbocycles. The van der Waals surface area contributed by atoms with E-state index in [9.17, 15) is 0 Å². The Hall–Kier alpha value is -0.980. The van der Waals surface area contributed by atoms with Gasteiger partial charge in [0.15, 0.2) is 0 Å². The first kappa shape index (κ1) is 18.0. The summed E-state index contributed by atoms with van der Waals surface area (Å²) in [4.78, 5) is 2.34. The van der Waals surface area contributed by atoms with Crippen LogP contribution in [0.4, 0.5) is 0 Å². The van der Waals surface area contributed by atoms with Crippen LogP contribution in [0.1, 0.15) is 53.4 Å². The predicted octanol–water partition coefficient (Wildman–Crippen LogP) is 5.42. The molecular formula is C18H33N. The lowest BCUT2D eigenvalue weighted by Gasteiger charge is -2.36. The molecule has 0 aromatic heterocycles. The van der Waals surface area contributed by atoms with Crippen LogP contribution >= 0.6 is 0 Å². The molecule has 0 radical (unpaired) electrons. The van der Waals surface area contributed by atoms with Crippen molar-refractivity contribution >= 4 is 0 Å². The van der Waals surface area contributed by atoms with E-state index in [0.29, 0.717) is 17.9 Å². The molecule has 2 atom stereocenters. The van der Waals surface area contributed by atoms with E-state index >= 15 is 0 Å². The van der Waals surface area contributed by atoms with Gasteiger partial charge in [0.25, 0.3) is 0 Å². The minimum atomic E-state index is 0.527. The van der Waals surface area contributed by atoms with Crippen molar-refractivity contribution in [2.45, 2.75) is 59.4 Å². The average molecular weight is 263 g/mol. The quantitative estimate of drug-likeness (QED) is 0.376. The molecule has 0 aliphatic rings. The molecule has 0 spiro atoms. The highest BCUT2D eigenvalue weighted by Crippen LogP contribution is 2.26. The highest BCUT2D eigenvalue weighted by atomic mass is 15.1. The average Bonchev–Trinajstić information content (AvgIpc) is 2.36. The summed E-state index contributed by atoms with van der Waals surface area (Å²) in [5, 5.41) is 0. The highest BCUT2D eigenvalue weighted by Gasteiger charge is 2.22. The van der Waals surface area contributed by atoms with Crippen LogP contribution in [0.15, 0.2) is 37.1 Å². The summed E-state index contributed by atoms with van der Waals surface area (Å²) in [5.41, 5.74) is 2.27. The van der Waals surface area contributed by atoms with Crippen molar-refractivity contribution in [1.82, 2.24) is 4.90 Å². The lowest BCUT2D eigenvalue weighted by atomic mass is 9.92. The number of hydrogen-bond donors (Lipinski definition) is 0. The maximum atomic E-state index is 4.25. The minimum Gasteiger partial charge on any atom is -0.372 e. The molecule has 0 aliphatic heterocycles. The molecule has 0 saturated carbocycles. The highest BCUT2D eigenvalue weighted by molar-refractivity contribution is 5.24. The van der Waals surface area contributed by atoms with Crippen LogP contribution in [0.5, 0.6) is 0 Å². The van der Waals surface area contributed by atoms with Crippen LogP contribution in [0.25, 0.3) is 0 Å². The van der Waals surface area contributed by atoms with E-state index < -0.39 is 0 Å². The third-order valence-corrected chi connectivity index (χ3v) is 3.95. The zero-order chi connectivity index (χ0) is 15.0. The predicted molar refractivity (Wildman–Crippen MR) is 88.2 cm³/mol. The van der Waals surface area contributed by atoms with E-state index in [4.69, 9.17) is 0 Å². The van der Waals surface area contributed by atoms with Gasteiger partial charge < -0.3 is 4.90 Å². The Balaban J connectivity index is 4.76. The van der Waals surface area contributed by atoms with E-state index in [1.807, 2.05) is 6.08 Å². The number of rotatable bonds is 10. The Kier molecular flexibility index (Phi) is 8.54. The molecule has 0 saturated heterocycles. The summed E-state index contributed by atoms with van der Waals surface area (Å²) in [7, 11) is 2.16. The second-order valence-electron chi connectivity index (χ2n) is 6.08. The van der Waals surface area contributed by atoms with Gasteiger partial charge in [-0.2, -0.15) is 0 Å². The first-order valence-electron chi connectivity index (χ1n) is 7.55. The Morgan fingerprint density at radius 2 is 1.79 bits per heavy atom. The molecule has 0 fully saturated rings. The van der Waals surface area contributed by atoms with Crippen LogP contribution in [-0.4, -0.2) is 18.0 Å². The van der Waals surface area contributed by atoms with Crippen LogP contribution in [0.3, 0.4) is 0 Å². The minimum absolute atomic E-state index is 0.527. The van der Waals surface area contributed by atoms with Gasteiger partial charge in [0, 0.05) is 18.8 Å². The van der Waals surface area contributed by atoms with Crippen LogP contribution in [-0.2, 0) is 0 Å². The van der Waals surface area contributed by atoms with Crippen molar-refractivity contribution in [2.75, 3.05) is 7.05 Å². The van der Waals surface area contributed by atoms with Crippen molar-refractivity contribution in [3.63, 3.8) is 0 Å². The van der Waals surface area contributed by atoms with Gasteiger partial charge in [-0.15, -0.1) is 6.58 Å². The summed E-state index contributed by atoms with van der Waals surface area (Å²) >= 11 is 0. The van der Waals surface area contributed by atoms with Crippen molar-refractivity contribution in [3.05, 3.63) is 37.1 Å².